The minimum atomic E-state index is -0.115. The van der Waals surface area contributed by atoms with E-state index in [1.807, 2.05) is 6.92 Å². The standard InChI is InChI=1S/C13H23N3O2/c1-3-6-10(17-4-2)12-15-11(18-16-12)9-13(14)7-5-8-13/h10H,3-9,14H2,1-2H3. The number of aromatic nitrogens is 2. The topological polar surface area (TPSA) is 74.2 Å². The van der Waals surface area contributed by atoms with Crippen molar-refractivity contribution < 1.29 is 9.26 Å². The molecule has 2 rings (SSSR count). The van der Waals surface area contributed by atoms with Crippen LogP contribution >= 0.6 is 0 Å². The summed E-state index contributed by atoms with van der Waals surface area (Å²) in [5.41, 5.74) is 6.06. The Kier molecular flexibility index (Phi) is 4.35. The highest BCUT2D eigenvalue weighted by Gasteiger charge is 2.34. The zero-order valence-electron chi connectivity index (χ0n) is 11.3. The Morgan fingerprint density at radius 2 is 2.22 bits per heavy atom. The molecule has 1 atom stereocenters. The summed E-state index contributed by atoms with van der Waals surface area (Å²) in [6, 6.07) is 0. The van der Waals surface area contributed by atoms with E-state index < -0.39 is 0 Å². The van der Waals surface area contributed by atoms with Crippen molar-refractivity contribution in [3.05, 3.63) is 11.7 Å². The smallest absolute Gasteiger partial charge is 0.228 e. The first-order valence-electron chi connectivity index (χ1n) is 6.90. The van der Waals surface area contributed by atoms with E-state index in [0.717, 1.165) is 25.7 Å². The number of hydrogen-bond donors (Lipinski definition) is 1. The van der Waals surface area contributed by atoms with Gasteiger partial charge in [0.1, 0.15) is 6.10 Å². The van der Waals surface area contributed by atoms with E-state index >= 15 is 0 Å². The van der Waals surface area contributed by atoms with Crippen LogP contribution in [0.2, 0.25) is 0 Å². The molecule has 1 fully saturated rings. The van der Waals surface area contributed by atoms with Gasteiger partial charge in [0.05, 0.1) is 0 Å². The lowest BCUT2D eigenvalue weighted by molar-refractivity contribution is 0.0477. The highest BCUT2D eigenvalue weighted by atomic mass is 16.5. The van der Waals surface area contributed by atoms with Gasteiger partial charge in [0.15, 0.2) is 0 Å². The van der Waals surface area contributed by atoms with Crippen LogP contribution in [0, 0.1) is 0 Å². The first-order chi connectivity index (χ1) is 8.67. The van der Waals surface area contributed by atoms with Crippen molar-refractivity contribution in [1.82, 2.24) is 10.1 Å². The fraction of sp³-hybridized carbons (Fsp3) is 0.846. The molecule has 1 heterocycles. The lowest BCUT2D eigenvalue weighted by atomic mass is 9.75. The number of rotatable bonds is 7. The van der Waals surface area contributed by atoms with E-state index in [2.05, 4.69) is 17.1 Å². The van der Waals surface area contributed by atoms with Crippen LogP contribution in [0.1, 0.15) is 63.8 Å². The Morgan fingerprint density at radius 3 is 2.78 bits per heavy atom. The Hall–Kier alpha value is -0.940. The van der Waals surface area contributed by atoms with Crippen molar-refractivity contribution in [2.24, 2.45) is 5.73 Å². The summed E-state index contributed by atoms with van der Waals surface area (Å²) in [5, 5.41) is 4.03. The summed E-state index contributed by atoms with van der Waals surface area (Å²) in [4.78, 5) is 4.43. The molecule has 1 aromatic rings. The van der Waals surface area contributed by atoms with Gasteiger partial charge in [0, 0.05) is 18.6 Å². The molecule has 1 aliphatic carbocycles. The van der Waals surface area contributed by atoms with Crippen LogP contribution in [0.5, 0.6) is 0 Å². The highest BCUT2D eigenvalue weighted by molar-refractivity contribution is 5.01. The van der Waals surface area contributed by atoms with Crippen molar-refractivity contribution in [3.63, 3.8) is 0 Å². The van der Waals surface area contributed by atoms with E-state index in [4.69, 9.17) is 15.0 Å². The maximum atomic E-state index is 6.18. The summed E-state index contributed by atoms with van der Waals surface area (Å²) >= 11 is 0. The second kappa shape index (κ2) is 5.80. The van der Waals surface area contributed by atoms with E-state index in [1.165, 1.54) is 6.42 Å². The molecule has 18 heavy (non-hydrogen) atoms. The van der Waals surface area contributed by atoms with Crippen LogP contribution < -0.4 is 5.73 Å². The second-order valence-corrected chi connectivity index (χ2v) is 5.17. The molecule has 5 nitrogen and oxygen atoms in total. The molecule has 1 aliphatic rings. The van der Waals surface area contributed by atoms with Gasteiger partial charge < -0.3 is 15.0 Å². The van der Waals surface area contributed by atoms with Gasteiger partial charge in [-0.05, 0) is 32.6 Å². The van der Waals surface area contributed by atoms with E-state index in [-0.39, 0.29) is 11.6 Å². The van der Waals surface area contributed by atoms with Crippen molar-refractivity contribution in [2.75, 3.05) is 6.61 Å². The zero-order chi connectivity index (χ0) is 13.0. The first-order valence-corrected chi connectivity index (χ1v) is 6.90. The summed E-state index contributed by atoms with van der Waals surface area (Å²) in [5.74, 6) is 1.31. The van der Waals surface area contributed by atoms with Crippen LogP contribution in [0.3, 0.4) is 0 Å². The molecule has 1 saturated carbocycles. The normalized spacial score (nSPS) is 19.5. The fourth-order valence-corrected chi connectivity index (χ4v) is 2.33. The Bertz CT molecular complexity index is 368. The molecule has 0 amide bonds. The van der Waals surface area contributed by atoms with E-state index in [9.17, 15) is 0 Å². The van der Waals surface area contributed by atoms with Crippen LogP contribution in [-0.2, 0) is 11.2 Å². The molecule has 5 heteroatoms. The number of nitrogens with two attached hydrogens (primary N) is 1. The Labute approximate surface area is 108 Å². The molecule has 0 saturated heterocycles. The van der Waals surface area contributed by atoms with Gasteiger partial charge in [-0.3, -0.25) is 0 Å². The van der Waals surface area contributed by atoms with Gasteiger partial charge in [0.25, 0.3) is 0 Å². The first kappa shape index (κ1) is 13.5. The van der Waals surface area contributed by atoms with Crippen LogP contribution in [0.4, 0.5) is 0 Å². The van der Waals surface area contributed by atoms with Crippen molar-refractivity contribution in [1.29, 1.82) is 0 Å². The number of nitrogens with zero attached hydrogens (tertiary/aromatic N) is 2. The number of hydrogen-bond acceptors (Lipinski definition) is 5. The van der Waals surface area contributed by atoms with E-state index in [1.54, 1.807) is 0 Å². The quantitative estimate of drug-likeness (QED) is 0.807. The van der Waals surface area contributed by atoms with Crippen LogP contribution in [0.25, 0.3) is 0 Å². The van der Waals surface area contributed by atoms with Crippen LogP contribution in [0.15, 0.2) is 4.52 Å². The minimum absolute atomic E-state index is 0.0485. The third kappa shape index (κ3) is 3.09. The van der Waals surface area contributed by atoms with Crippen molar-refractivity contribution >= 4 is 0 Å². The summed E-state index contributed by atoms with van der Waals surface area (Å²) < 4.78 is 10.9. The molecule has 1 aromatic heterocycles. The Balaban J connectivity index is 1.99. The summed E-state index contributed by atoms with van der Waals surface area (Å²) in [6.45, 7) is 4.76. The highest BCUT2D eigenvalue weighted by Crippen LogP contribution is 2.32. The van der Waals surface area contributed by atoms with Gasteiger partial charge in [0.2, 0.25) is 11.7 Å². The fourth-order valence-electron chi connectivity index (χ4n) is 2.33. The average Bonchev–Trinajstić information content (AvgIpc) is 2.75. The molecule has 2 N–H and O–H groups in total. The largest absolute Gasteiger partial charge is 0.370 e. The number of ether oxygens (including phenoxy) is 1. The molecule has 0 bridgehead atoms. The van der Waals surface area contributed by atoms with Gasteiger partial charge in [-0.25, -0.2) is 0 Å². The maximum Gasteiger partial charge on any atom is 0.228 e. The van der Waals surface area contributed by atoms with Crippen LogP contribution in [-0.4, -0.2) is 22.3 Å². The SMILES string of the molecule is CCCC(OCC)c1noc(CC2(N)CCC2)n1. The molecule has 1 unspecified atom stereocenters. The van der Waals surface area contributed by atoms with Gasteiger partial charge >= 0.3 is 0 Å². The predicted molar refractivity (Wildman–Crippen MR) is 68.0 cm³/mol. The lowest BCUT2D eigenvalue weighted by Crippen LogP contribution is -2.48. The van der Waals surface area contributed by atoms with Gasteiger partial charge in [-0.15, -0.1) is 0 Å². The second-order valence-electron chi connectivity index (χ2n) is 5.17. The molecule has 0 radical (unpaired) electrons. The minimum Gasteiger partial charge on any atom is -0.370 e. The molecule has 0 aromatic carbocycles. The molecular formula is C13H23N3O2. The molecule has 102 valence electrons. The lowest BCUT2D eigenvalue weighted by Gasteiger charge is -2.36. The molecule has 0 spiro atoms. The third-order valence-electron chi connectivity index (χ3n) is 3.54. The third-order valence-corrected chi connectivity index (χ3v) is 3.54. The van der Waals surface area contributed by atoms with E-state index in [0.29, 0.717) is 24.7 Å². The monoisotopic (exact) mass is 253 g/mol. The van der Waals surface area contributed by atoms with Crippen molar-refractivity contribution in [2.45, 2.75) is 64.0 Å². The van der Waals surface area contributed by atoms with Crippen molar-refractivity contribution in [3.8, 4) is 0 Å². The molecule has 0 aliphatic heterocycles. The van der Waals surface area contributed by atoms with Gasteiger partial charge in [-0.2, -0.15) is 4.98 Å². The predicted octanol–water partition coefficient (Wildman–Crippen LogP) is 2.37. The molecular weight excluding hydrogens is 230 g/mol. The maximum absolute atomic E-state index is 6.18. The van der Waals surface area contributed by atoms with Gasteiger partial charge in [-0.1, -0.05) is 18.5 Å². The Morgan fingerprint density at radius 1 is 1.44 bits per heavy atom. The zero-order valence-corrected chi connectivity index (χ0v) is 11.3. The summed E-state index contributed by atoms with van der Waals surface area (Å²) in [6.07, 6.45) is 5.89. The summed E-state index contributed by atoms with van der Waals surface area (Å²) in [7, 11) is 0. The average molecular weight is 253 g/mol.